The van der Waals surface area contributed by atoms with Crippen LogP contribution in [0.4, 0.5) is 8.78 Å². The van der Waals surface area contributed by atoms with Crippen LogP contribution in [0.15, 0.2) is 23.1 Å². The first-order valence-corrected chi connectivity index (χ1v) is 8.16. The Kier molecular flexibility index (Phi) is 5.23. The maximum Gasteiger partial charge on any atom is 0.252 e. The minimum absolute atomic E-state index is 0.0729. The highest BCUT2D eigenvalue weighted by molar-refractivity contribution is 7.89. The van der Waals surface area contributed by atoms with E-state index in [1.165, 1.54) is 18.2 Å². The van der Waals surface area contributed by atoms with Crippen molar-refractivity contribution in [3.63, 3.8) is 0 Å². The summed E-state index contributed by atoms with van der Waals surface area (Å²) in [6, 6.07) is 4.02. The number of ether oxygens (including phenoxy) is 2. The molecule has 0 unspecified atom stereocenters. The zero-order valence-electron chi connectivity index (χ0n) is 11.0. The molecule has 1 aliphatic heterocycles. The van der Waals surface area contributed by atoms with Gasteiger partial charge in [-0.1, -0.05) is 0 Å². The fourth-order valence-corrected chi connectivity index (χ4v) is 3.63. The molecule has 1 heterocycles. The Balaban J connectivity index is 2.32. The van der Waals surface area contributed by atoms with Crippen LogP contribution in [0.2, 0.25) is 0 Å². The number of sulfonamides is 1. The van der Waals surface area contributed by atoms with Gasteiger partial charge >= 0.3 is 0 Å². The number of hydrogen-bond acceptors (Lipinski definition) is 4. The number of nitrogens with zero attached hydrogens (tertiary/aromatic N) is 1. The Morgan fingerprint density at radius 3 is 2.52 bits per heavy atom. The molecule has 0 N–H and O–H groups in total. The summed E-state index contributed by atoms with van der Waals surface area (Å²) in [4.78, 5) is -0.127. The van der Waals surface area contributed by atoms with Gasteiger partial charge in [0.25, 0.3) is 6.43 Å². The van der Waals surface area contributed by atoms with Gasteiger partial charge in [-0.05, 0) is 12.1 Å². The highest BCUT2D eigenvalue weighted by atomic mass is 35.5. The summed E-state index contributed by atoms with van der Waals surface area (Å²) >= 11 is 5.49. The van der Waals surface area contributed by atoms with E-state index in [2.05, 4.69) is 0 Å². The van der Waals surface area contributed by atoms with E-state index in [1.807, 2.05) is 0 Å². The molecule has 0 amide bonds. The molecule has 1 aliphatic rings. The minimum atomic E-state index is -4.06. The second-order valence-corrected chi connectivity index (χ2v) is 6.56. The van der Waals surface area contributed by atoms with Crippen LogP contribution in [0.25, 0.3) is 0 Å². The number of benzene rings is 1. The molecule has 0 aromatic heterocycles. The van der Waals surface area contributed by atoms with Gasteiger partial charge < -0.3 is 9.47 Å². The number of halogens is 3. The van der Waals surface area contributed by atoms with E-state index in [-0.39, 0.29) is 23.1 Å². The summed E-state index contributed by atoms with van der Waals surface area (Å²) in [5.41, 5.74) is 0. The van der Waals surface area contributed by atoms with Gasteiger partial charge in [0.2, 0.25) is 10.0 Å². The van der Waals surface area contributed by atoms with Crippen molar-refractivity contribution in [1.82, 2.24) is 4.31 Å². The molecule has 0 bridgehead atoms. The molecule has 0 saturated heterocycles. The lowest BCUT2D eigenvalue weighted by molar-refractivity contribution is 0.121. The minimum Gasteiger partial charge on any atom is -0.486 e. The predicted molar refractivity (Wildman–Crippen MR) is 72.9 cm³/mol. The topological polar surface area (TPSA) is 55.8 Å². The molecule has 1 aromatic rings. The molecular formula is C12H14ClF2NO4S. The maximum absolute atomic E-state index is 12.5. The third kappa shape index (κ3) is 3.75. The molecule has 0 atom stereocenters. The first kappa shape index (κ1) is 16.3. The van der Waals surface area contributed by atoms with E-state index in [0.29, 0.717) is 23.3 Å². The van der Waals surface area contributed by atoms with E-state index < -0.39 is 23.0 Å². The molecule has 0 spiro atoms. The van der Waals surface area contributed by atoms with Gasteiger partial charge in [-0.15, -0.1) is 11.6 Å². The van der Waals surface area contributed by atoms with Crippen LogP contribution in [0.5, 0.6) is 11.5 Å². The van der Waals surface area contributed by atoms with Gasteiger partial charge in [0.1, 0.15) is 13.2 Å². The summed E-state index contributed by atoms with van der Waals surface area (Å²) in [7, 11) is -4.06. The van der Waals surface area contributed by atoms with Gasteiger partial charge in [0.05, 0.1) is 11.4 Å². The largest absolute Gasteiger partial charge is 0.486 e. The van der Waals surface area contributed by atoms with Gasteiger partial charge in [0, 0.05) is 18.5 Å². The van der Waals surface area contributed by atoms with Crippen molar-refractivity contribution in [1.29, 1.82) is 0 Å². The van der Waals surface area contributed by atoms with Crippen LogP contribution >= 0.6 is 11.6 Å². The Morgan fingerprint density at radius 1 is 1.24 bits per heavy atom. The van der Waals surface area contributed by atoms with Crippen LogP contribution in [-0.2, 0) is 10.0 Å². The van der Waals surface area contributed by atoms with Crippen molar-refractivity contribution in [2.75, 3.05) is 32.2 Å². The molecule has 118 valence electrons. The highest BCUT2D eigenvalue weighted by Gasteiger charge is 2.28. The lowest BCUT2D eigenvalue weighted by Gasteiger charge is -2.23. The SMILES string of the molecule is O=S(=O)(c1ccc2c(c1)OCCO2)N(CCCl)CC(F)F. The quantitative estimate of drug-likeness (QED) is 0.742. The van der Waals surface area contributed by atoms with E-state index >= 15 is 0 Å². The Morgan fingerprint density at radius 2 is 1.90 bits per heavy atom. The van der Waals surface area contributed by atoms with Crippen LogP contribution in [0, 0.1) is 0 Å². The second-order valence-electron chi connectivity index (χ2n) is 4.25. The van der Waals surface area contributed by atoms with Crippen molar-refractivity contribution in [3.8, 4) is 11.5 Å². The fourth-order valence-electron chi connectivity index (χ4n) is 1.89. The van der Waals surface area contributed by atoms with Crippen LogP contribution < -0.4 is 9.47 Å². The molecule has 0 radical (unpaired) electrons. The summed E-state index contributed by atoms with van der Waals surface area (Å²) < 4.78 is 61.1. The highest BCUT2D eigenvalue weighted by Crippen LogP contribution is 2.33. The number of rotatable bonds is 6. The molecule has 21 heavy (non-hydrogen) atoms. The molecule has 0 fully saturated rings. The van der Waals surface area contributed by atoms with Crippen molar-refractivity contribution in [2.45, 2.75) is 11.3 Å². The Bertz CT molecular complexity index is 597. The third-order valence-electron chi connectivity index (χ3n) is 2.83. The molecule has 0 saturated carbocycles. The zero-order valence-corrected chi connectivity index (χ0v) is 12.5. The van der Waals surface area contributed by atoms with E-state index in [9.17, 15) is 17.2 Å². The van der Waals surface area contributed by atoms with Crippen molar-refractivity contribution >= 4 is 21.6 Å². The lowest BCUT2D eigenvalue weighted by Crippen LogP contribution is -2.36. The predicted octanol–water partition coefficient (Wildman–Crippen LogP) is 1.95. The number of hydrogen-bond donors (Lipinski definition) is 0. The average Bonchev–Trinajstić information content (AvgIpc) is 2.46. The van der Waals surface area contributed by atoms with E-state index in [0.717, 1.165) is 0 Å². The molecule has 5 nitrogen and oxygen atoms in total. The van der Waals surface area contributed by atoms with Crippen LogP contribution in [-0.4, -0.2) is 51.3 Å². The fraction of sp³-hybridized carbons (Fsp3) is 0.500. The van der Waals surface area contributed by atoms with Crippen molar-refractivity contribution < 1.29 is 26.7 Å². The van der Waals surface area contributed by atoms with Gasteiger partial charge in [-0.2, -0.15) is 4.31 Å². The molecule has 0 aliphatic carbocycles. The van der Waals surface area contributed by atoms with Gasteiger partial charge in [-0.25, -0.2) is 17.2 Å². The smallest absolute Gasteiger partial charge is 0.252 e. The first-order valence-electron chi connectivity index (χ1n) is 6.19. The van der Waals surface area contributed by atoms with Gasteiger partial charge in [0.15, 0.2) is 11.5 Å². The van der Waals surface area contributed by atoms with E-state index in [1.54, 1.807) is 0 Å². The average molecular weight is 342 g/mol. The molecule has 2 rings (SSSR count). The normalized spacial score (nSPS) is 14.7. The van der Waals surface area contributed by atoms with E-state index in [4.69, 9.17) is 21.1 Å². The van der Waals surface area contributed by atoms with Crippen LogP contribution in [0.1, 0.15) is 0 Å². The summed E-state index contributed by atoms with van der Waals surface area (Å²) in [6.07, 6.45) is -2.78. The summed E-state index contributed by atoms with van der Waals surface area (Å²) in [6.45, 7) is -0.409. The Labute approximate surface area is 126 Å². The van der Waals surface area contributed by atoms with Crippen molar-refractivity contribution in [3.05, 3.63) is 18.2 Å². The number of alkyl halides is 3. The summed E-state index contributed by atoms with van der Waals surface area (Å²) in [5, 5.41) is 0. The van der Waals surface area contributed by atoms with Crippen molar-refractivity contribution in [2.24, 2.45) is 0 Å². The Hall–Kier alpha value is -1.12. The van der Waals surface area contributed by atoms with Gasteiger partial charge in [-0.3, -0.25) is 0 Å². The second kappa shape index (κ2) is 6.76. The zero-order chi connectivity index (χ0) is 15.5. The maximum atomic E-state index is 12.5. The molecular weight excluding hydrogens is 328 g/mol. The first-order chi connectivity index (χ1) is 9.95. The molecule has 1 aromatic carbocycles. The standard InChI is InChI=1S/C12H14ClF2NO4S/c13-3-4-16(8-12(14)15)21(17,18)9-1-2-10-11(7-9)20-6-5-19-10/h1-2,7,12H,3-6,8H2. The summed E-state index contributed by atoms with van der Waals surface area (Å²) in [5.74, 6) is 0.638. The number of fused-ring (bicyclic) bond motifs is 1. The molecule has 9 heteroatoms. The monoisotopic (exact) mass is 341 g/mol. The lowest BCUT2D eigenvalue weighted by atomic mass is 10.3. The third-order valence-corrected chi connectivity index (χ3v) is 4.86. The van der Waals surface area contributed by atoms with Crippen LogP contribution in [0.3, 0.4) is 0 Å².